The number of hydrogen-bond acceptors (Lipinski definition) is 6. The summed E-state index contributed by atoms with van der Waals surface area (Å²) in [7, 11) is 0. The summed E-state index contributed by atoms with van der Waals surface area (Å²) in [6.07, 6.45) is -0.430. The summed E-state index contributed by atoms with van der Waals surface area (Å²) in [4.78, 5) is 37.2. The van der Waals surface area contributed by atoms with Crippen molar-refractivity contribution in [1.29, 1.82) is 0 Å². The van der Waals surface area contributed by atoms with Crippen LogP contribution in [-0.2, 0) is 27.3 Å². The van der Waals surface area contributed by atoms with E-state index in [0.717, 1.165) is 22.0 Å². The van der Waals surface area contributed by atoms with Gasteiger partial charge in [0.1, 0.15) is 24.0 Å². The number of amides is 2. The van der Waals surface area contributed by atoms with Gasteiger partial charge in [0.25, 0.3) is 0 Å². The molecule has 0 saturated carbocycles. The van der Waals surface area contributed by atoms with Crippen LogP contribution in [0.25, 0.3) is 0 Å². The van der Waals surface area contributed by atoms with Crippen molar-refractivity contribution >= 4 is 34.1 Å². The topological polar surface area (TPSA) is 103 Å². The molecule has 0 heterocycles. The minimum atomic E-state index is -0.826. The largest absolute Gasteiger partial charge is 0.514 e. The van der Waals surface area contributed by atoms with Gasteiger partial charge in [0.15, 0.2) is 0 Å². The number of benzene rings is 2. The fourth-order valence-electron chi connectivity index (χ4n) is 3.07. The molecule has 2 rings (SSSR count). The minimum absolute atomic E-state index is 0.0717. The molecule has 2 aromatic rings. The van der Waals surface area contributed by atoms with E-state index in [4.69, 9.17) is 14.2 Å². The average molecular weight is 563 g/mol. The molecule has 2 amide bonds. The number of hydrogen-bond donors (Lipinski definition) is 2. The highest BCUT2D eigenvalue weighted by atomic mass is 79.9. The van der Waals surface area contributed by atoms with E-state index in [1.165, 1.54) is 0 Å². The van der Waals surface area contributed by atoms with Crippen molar-refractivity contribution in [3.05, 3.63) is 64.1 Å². The van der Waals surface area contributed by atoms with Crippen molar-refractivity contribution in [3.8, 4) is 5.75 Å². The molecule has 0 bridgehead atoms. The van der Waals surface area contributed by atoms with E-state index in [1.807, 2.05) is 24.3 Å². The van der Waals surface area contributed by atoms with E-state index in [-0.39, 0.29) is 18.9 Å². The first-order valence-electron chi connectivity index (χ1n) is 11.9. The lowest BCUT2D eigenvalue weighted by Gasteiger charge is -2.23. The second kappa shape index (κ2) is 13.9. The van der Waals surface area contributed by atoms with Crippen molar-refractivity contribution in [3.63, 3.8) is 0 Å². The second-order valence-corrected chi connectivity index (χ2v) is 10.6. The normalized spacial score (nSPS) is 12.0. The number of halogens is 1. The van der Waals surface area contributed by atoms with E-state index in [0.29, 0.717) is 18.2 Å². The van der Waals surface area contributed by atoms with Crippen LogP contribution >= 0.6 is 15.9 Å². The Balaban J connectivity index is 1.97. The van der Waals surface area contributed by atoms with Gasteiger partial charge < -0.3 is 24.8 Å². The predicted octanol–water partition coefficient (Wildman–Crippen LogP) is 5.76. The number of alkyl carbamates (subject to hydrolysis) is 1. The Morgan fingerprint density at radius 2 is 1.67 bits per heavy atom. The molecule has 0 spiro atoms. The number of carbonyl (C=O) groups excluding carboxylic acids is 3. The van der Waals surface area contributed by atoms with Crippen LogP contribution in [0.2, 0.25) is 0 Å². The van der Waals surface area contributed by atoms with Crippen molar-refractivity contribution in [2.45, 2.75) is 65.7 Å². The summed E-state index contributed by atoms with van der Waals surface area (Å²) < 4.78 is 16.6. The molecule has 8 nitrogen and oxygen atoms in total. The van der Waals surface area contributed by atoms with Gasteiger partial charge in [-0.15, -0.1) is 0 Å². The van der Waals surface area contributed by atoms with Gasteiger partial charge in [0, 0.05) is 23.0 Å². The number of ether oxygens (including phenoxy) is 3. The van der Waals surface area contributed by atoms with Gasteiger partial charge in [0.2, 0.25) is 5.91 Å². The van der Waals surface area contributed by atoms with Crippen LogP contribution in [0.4, 0.5) is 9.59 Å². The summed E-state index contributed by atoms with van der Waals surface area (Å²) in [5, 5.41) is 5.53. The molecular weight excluding hydrogens is 528 g/mol. The van der Waals surface area contributed by atoms with Crippen LogP contribution in [0.1, 0.15) is 52.2 Å². The molecule has 36 heavy (non-hydrogen) atoms. The van der Waals surface area contributed by atoms with E-state index >= 15 is 0 Å². The van der Waals surface area contributed by atoms with Crippen LogP contribution in [0.15, 0.2) is 53.0 Å². The highest BCUT2D eigenvalue weighted by molar-refractivity contribution is 9.10. The molecule has 0 aliphatic rings. The summed E-state index contributed by atoms with van der Waals surface area (Å²) >= 11 is 3.41. The second-order valence-electron chi connectivity index (χ2n) is 9.75. The molecule has 0 aromatic heterocycles. The summed E-state index contributed by atoms with van der Waals surface area (Å²) in [6, 6.07) is 13.3. The maximum Gasteiger partial charge on any atom is 0.514 e. The SMILES string of the molecule is CC(C)CCNC(=O)[C@H](Cc1ccc(OC(=O)OCc2ccccc2Br)cc1)NC(=O)OC(C)(C)C. The Bertz CT molecular complexity index is 1020. The Morgan fingerprint density at radius 1 is 1.00 bits per heavy atom. The van der Waals surface area contributed by atoms with Crippen LogP contribution in [0.5, 0.6) is 5.75 Å². The maximum absolute atomic E-state index is 12.8. The molecular formula is C27H35BrN2O6. The first-order valence-corrected chi connectivity index (χ1v) is 12.7. The van der Waals surface area contributed by atoms with Gasteiger partial charge in [-0.25, -0.2) is 9.59 Å². The van der Waals surface area contributed by atoms with E-state index < -0.39 is 23.9 Å². The van der Waals surface area contributed by atoms with E-state index in [1.54, 1.807) is 45.0 Å². The zero-order valence-corrected chi connectivity index (χ0v) is 23.0. The third kappa shape index (κ3) is 11.1. The summed E-state index contributed by atoms with van der Waals surface area (Å²) in [5.74, 6) is 0.447. The molecule has 2 aromatic carbocycles. The summed E-state index contributed by atoms with van der Waals surface area (Å²) in [5.41, 5.74) is 0.899. The fourth-order valence-corrected chi connectivity index (χ4v) is 3.47. The highest BCUT2D eigenvalue weighted by Crippen LogP contribution is 2.18. The standard InChI is InChI=1S/C27H35BrN2O6/c1-18(2)14-15-29-24(31)23(30-25(32)36-27(3,4)5)16-19-10-12-21(13-11-19)35-26(33)34-17-20-8-6-7-9-22(20)28/h6-13,18,23H,14-17H2,1-5H3,(H,29,31)(H,30,32)/t23-/m0/s1. The van der Waals surface area contributed by atoms with Gasteiger partial charge in [-0.1, -0.05) is 60.1 Å². The lowest BCUT2D eigenvalue weighted by molar-refractivity contribution is -0.123. The quantitative estimate of drug-likeness (QED) is 0.281. The highest BCUT2D eigenvalue weighted by Gasteiger charge is 2.24. The zero-order valence-electron chi connectivity index (χ0n) is 21.4. The number of rotatable bonds is 10. The predicted molar refractivity (Wildman–Crippen MR) is 141 cm³/mol. The number of carbonyl (C=O) groups is 3. The van der Waals surface area contributed by atoms with Crippen molar-refractivity contribution in [1.82, 2.24) is 10.6 Å². The molecule has 0 fully saturated rings. The Morgan fingerprint density at radius 3 is 2.28 bits per heavy atom. The zero-order chi connectivity index (χ0) is 26.7. The van der Waals surface area contributed by atoms with E-state index in [9.17, 15) is 14.4 Å². The maximum atomic E-state index is 12.8. The molecule has 0 radical (unpaired) electrons. The molecule has 0 saturated heterocycles. The Kier molecular flexibility index (Phi) is 11.2. The first kappa shape index (κ1) is 29.2. The minimum Gasteiger partial charge on any atom is -0.444 e. The van der Waals surface area contributed by atoms with Gasteiger partial charge in [-0.3, -0.25) is 4.79 Å². The van der Waals surface area contributed by atoms with Crippen LogP contribution in [0.3, 0.4) is 0 Å². The monoisotopic (exact) mass is 562 g/mol. The van der Waals surface area contributed by atoms with Crippen molar-refractivity contribution < 1.29 is 28.6 Å². The Hall–Kier alpha value is -3.07. The molecule has 9 heteroatoms. The first-order chi connectivity index (χ1) is 16.9. The summed E-state index contributed by atoms with van der Waals surface area (Å²) in [6.45, 7) is 10.00. The molecule has 1 atom stereocenters. The number of nitrogens with one attached hydrogen (secondary N) is 2. The van der Waals surface area contributed by atoms with E-state index in [2.05, 4.69) is 40.4 Å². The molecule has 0 aliphatic heterocycles. The lowest BCUT2D eigenvalue weighted by Crippen LogP contribution is -2.49. The third-order valence-electron chi connectivity index (χ3n) is 4.90. The smallest absolute Gasteiger partial charge is 0.444 e. The van der Waals surface area contributed by atoms with Gasteiger partial charge in [-0.2, -0.15) is 0 Å². The molecule has 2 N–H and O–H groups in total. The van der Waals surface area contributed by atoms with Crippen LogP contribution in [-0.4, -0.2) is 36.3 Å². The van der Waals surface area contributed by atoms with Gasteiger partial charge in [-0.05, 0) is 56.9 Å². The van der Waals surface area contributed by atoms with Crippen molar-refractivity contribution in [2.75, 3.05) is 6.54 Å². The van der Waals surface area contributed by atoms with Crippen molar-refractivity contribution in [2.24, 2.45) is 5.92 Å². The van der Waals surface area contributed by atoms with Gasteiger partial charge in [0.05, 0.1) is 0 Å². The molecule has 0 aliphatic carbocycles. The van der Waals surface area contributed by atoms with Crippen LogP contribution in [0, 0.1) is 5.92 Å². The molecule has 0 unspecified atom stereocenters. The molecule has 196 valence electrons. The lowest BCUT2D eigenvalue weighted by atomic mass is 10.0. The van der Waals surface area contributed by atoms with Gasteiger partial charge >= 0.3 is 12.2 Å². The average Bonchev–Trinajstić information content (AvgIpc) is 2.78. The van der Waals surface area contributed by atoms with Crippen LogP contribution < -0.4 is 15.4 Å². The third-order valence-corrected chi connectivity index (χ3v) is 5.67. The Labute approximate surface area is 221 Å². The fraction of sp³-hybridized carbons (Fsp3) is 0.444.